The molecule has 0 aliphatic rings. The molecule has 8 heteroatoms. The minimum atomic E-state index is -0.646. The highest BCUT2D eigenvalue weighted by Gasteiger charge is 2.23. The summed E-state index contributed by atoms with van der Waals surface area (Å²) in [4.78, 5) is 21.7. The Kier molecular flexibility index (Phi) is 4.15. The smallest absolute Gasteiger partial charge is 0.323 e. The summed E-state index contributed by atoms with van der Waals surface area (Å²) in [6.07, 6.45) is 0. The van der Waals surface area contributed by atoms with E-state index >= 15 is 0 Å². The largest absolute Gasteiger partial charge is 0.440 e. The summed E-state index contributed by atoms with van der Waals surface area (Å²) in [6.45, 7) is 1.30. The third-order valence-electron chi connectivity index (χ3n) is 2.27. The van der Waals surface area contributed by atoms with E-state index in [9.17, 15) is 19.3 Å². The zero-order valence-corrected chi connectivity index (χ0v) is 12.5. The average Bonchev–Trinajstić information content (AvgIpc) is 2.71. The number of hydrogen-bond donors (Lipinski definition) is 0. The van der Waals surface area contributed by atoms with Gasteiger partial charge in [-0.25, -0.2) is 4.39 Å². The molecule has 1 aromatic heterocycles. The minimum Gasteiger partial charge on any atom is -0.440 e. The van der Waals surface area contributed by atoms with Crippen LogP contribution < -0.4 is 4.74 Å². The zero-order valence-electron chi connectivity index (χ0n) is 10.1. The fourth-order valence-corrected chi connectivity index (χ4v) is 2.77. The number of benzene rings is 1. The van der Waals surface area contributed by atoms with Crippen molar-refractivity contribution in [2.75, 3.05) is 0 Å². The van der Waals surface area contributed by atoms with Crippen LogP contribution in [0, 0.1) is 15.9 Å². The van der Waals surface area contributed by atoms with Gasteiger partial charge in [0, 0.05) is 16.6 Å². The van der Waals surface area contributed by atoms with Crippen molar-refractivity contribution in [1.82, 2.24) is 0 Å². The van der Waals surface area contributed by atoms with Crippen molar-refractivity contribution in [3.05, 3.63) is 49.5 Å². The first-order valence-corrected chi connectivity index (χ1v) is 6.91. The Bertz CT molecular complexity index is 681. The maximum absolute atomic E-state index is 13.2. The standard InChI is InChI=1S/C12H7BrFNO4S/c1-6(16)11-5-10(15(17)18)12(20-11)19-9-3-7(13)2-8(14)4-9/h2-5H,1H3. The Labute approximate surface area is 125 Å². The molecule has 5 nitrogen and oxygen atoms in total. The summed E-state index contributed by atoms with van der Waals surface area (Å²) in [5.41, 5.74) is -0.319. The van der Waals surface area contributed by atoms with Gasteiger partial charge in [0.15, 0.2) is 5.78 Å². The van der Waals surface area contributed by atoms with Crippen LogP contribution in [0.2, 0.25) is 0 Å². The molecular weight excluding hydrogens is 353 g/mol. The summed E-state index contributed by atoms with van der Waals surface area (Å²) >= 11 is 3.95. The van der Waals surface area contributed by atoms with Gasteiger partial charge in [-0.1, -0.05) is 27.3 Å². The number of carbonyl (C=O) groups excluding carboxylic acids is 1. The molecule has 2 rings (SSSR count). The molecule has 20 heavy (non-hydrogen) atoms. The molecule has 0 bridgehead atoms. The first-order chi connectivity index (χ1) is 9.36. The highest BCUT2D eigenvalue weighted by atomic mass is 79.9. The topological polar surface area (TPSA) is 69.4 Å². The van der Waals surface area contributed by atoms with Crippen molar-refractivity contribution >= 4 is 38.7 Å². The number of Topliss-reactive ketones (excluding diaryl/α,β-unsaturated/α-hetero) is 1. The third kappa shape index (κ3) is 3.20. The number of carbonyl (C=O) groups is 1. The Hall–Kier alpha value is -1.80. The van der Waals surface area contributed by atoms with Crippen molar-refractivity contribution < 1.29 is 18.8 Å². The van der Waals surface area contributed by atoms with E-state index in [1.807, 2.05) is 0 Å². The Balaban J connectivity index is 2.41. The Morgan fingerprint density at radius 3 is 2.65 bits per heavy atom. The molecule has 0 aliphatic heterocycles. The van der Waals surface area contributed by atoms with Gasteiger partial charge in [0.2, 0.25) is 0 Å². The van der Waals surface area contributed by atoms with Gasteiger partial charge in [-0.05, 0) is 19.1 Å². The molecule has 0 spiro atoms. The average molecular weight is 360 g/mol. The molecule has 0 unspecified atom stereocenters. The lowest BCUT2D eigenvalue weighted by Gasteiger charge is -2.03. The first-order valence-electron chi connectivity index (χ1n) is 5.30. The van der Waals surface area contributed by atoms with E-state index in [0.717, 1.165) is 23.5 Å². The number of ketones is 1. The second-order valence-corrected chi connectivity index (χ2v) is 5.73. The van der Waals surface area contributed by atoms with Gasteiger partial charge < -0.3 is 4.74 Å². The third-order valence-corrected chi connectivity index (χ3v) is 3.83. The number of thiophene rings is 1. The number of ether oxygens (including phenoxy) is 1. The van der Waals surface area contributed by atoms with E-state index in [1.165, 1.54) is 19.1 Å². The van der Waals surface area contributed by atoms with Crippen LogP contribution >= 0.6 is 27.3 Å². The van der Waals surface area contributed by atoms with Crippen molar-refractivity contribution in [2.45, 2.75) is 6.92 Å². The number of nitrogens with zero attached hydrogens (tertiary/aromatic N) is 1. The van der Waals surface area contributed by atoms with Crippen LogP contribution in [0.25, 0.3) is 0 Å². The van der Waals surface area contributed by atoms with Gasteiger partial charge in [-0.15, -0.1) is 0 Å². The van der Waals surface area contributed by atoms with E-state index in [0.29, 0.717) is 4.47 Å². The highest BCUT2D eigenvalue weighted by molar-refractivity contribution is 9.10. The predicted molar refractivity (Wildman–Crippen MR) is 75.2 cm³/mol. The molecule has 0 saturated heterocycles. The quantitative estimate of drug-likeness (QED) is 0.456. The fourth-order valence-electron chi connectivity index (χ4n) is 1.43. The van der Waals surface area contributed by atoms with Gasteiger partial charge in [0.05, 0.1) is 9.80 Å². The predicted octanol–water partition coefficient (Wildman–Crippen LogP) is 4.55. The normalized spacial score (nSPS) is 10.3. The maximum Gasteiger partial charge on any atom is 0.323 e. The van der Waals surface area contributed by atoms with Gasteiger partial charge in [-0.3, -0.25) is 14.9 Å². The molecule has 1 aromatic carbocycles. The lowest BCUT2D eigenvalue weighted by atomic mass is 10.3. The van der Waals surface area contributed by atoms with E-state index in [2.05, 4.69) is 15.9 Å². The molecule has 2 aromatic rings. The van der Waals surface area contributed by atoms with Crippen LogP contribution in [0.1, 0.15) is 16.6 Å². The van der Waals surface area contributed by atoms with Gasteiger partial charge in [-0.2, -0.15) is 0 Å². The van der Waals surface area contributed by atoms with E-state index in [-0.39, 0.29) is 27.2 Å². The van der Waals surface area contributed by atoms with Crippen LogP contribution in [0.5, 0.6) is 10.8 Å². The van der Waals surface area contributed by atoms with Gasteiger partial charge in [0.25, 0.3) is 5.06 Å². The summed E-state index contributed by atoms with van der Waals surface area (Å²) in [5.74, 6) is -0.731. The van der Waals surface area contributed by atoms with E-state index < -0.39 is 10.7 Å². The Morgan fingerprint density at radius 1 is 1.40 bits per heavy atom. The van der Waals surface area contributed by atoms with Gasteiger partial charge in [0.1, 0.15) is 11.6 Å². The number of halogens is 2. The number of nitro groups is 1. The fraction of sp³-hybridized carbons (Fsp3) is 0.0833. The lowest BCUT2D eigenvalue weighted by molar-refractivity contribution is -0.385. The SMILES string of the molecule is CC(=O)c1cc([N+](=O)[O-])c(Oc2cc(F)cc(Br)c2)s1. The maximum atomic E-state index is 13.2. The van der Waals surface area contributed by atoms with Crippen LogP contribution in [0.3, 0.4) is 0 Å². The molecule has 0 aliphatic carbocycles. The molecule has 1 heterocycles. The van der Waals surface area contributed by atoms with Gasteiger partial charge >= 0.3 is 5.69 Å². The van der Waals surface area contributed by atoms with Crippen molar-refractivity contribution in [1.29, 1.82) is 0 Å². The molecule has 0 atom stereocenters. The lowest BCUT2D eigenvalue weighted by Crippen LogP contribution is -1.90. The van der Waals surface area contributed by atoms with Crippen molar-refractivity contribution in [3.8, 4) is 10.8 Å². The van der Waals surface area contributed by atoms with Crippen LogP contribution in [0.4, 0.5) is 10.1 Å². The molecule has 104 valence electrons. The number of rotatable bonds is 4. The minimum absolute atomic E-state index is 0.0577. The first kappa shape index (κ1) is 14.6. The molecule has 0 radical (unpaired) electrons. The molecule has 0 amide bonds. The molecule has 0 saturated carbocycles. The van der Waals surface area contributed by atoms with Crippen LogP contribution in [-0.4, -0.2) is 10.7 Å². The monoisotopic (exact) mass is 359 g/mol. The summed E-state index contributed by atoms with van der Waals surface area (Å²) in [5, 5.41) is 10.9. The zero-order chi connectivity index (χ0) is 14.9. The summed E-state index contributed by atoms with van der Waals surface area (Å²) in [6, 6.07) is 4.95. The van der Waals surface area contributed by atoms with E-state index in [1.54, 1.807) is 0 Å². The van der Waals surface area contributed by atoms with Crippen LogP contribution in [0.15, 0.2) is 28.7 Å². The summed E-state index contributed by atoms with van der Waals surface area (Å²) < 4.78 is 19.0. The number of hydrogen-bond acceptors (Lipinski definition) is 5. The second-order valence-electron chi connectivity index (χ2n) is 3.80. The second kappa shape index (κ2) is 5.68. The Morgan fingerprint density at radius 2 is 2.10 bits per heavy atom. The van der Waals surface area contributed by atoms with E-state index in [4.69, 9.17) is 4.74 Å². The van der Waals surface area contributed by atoms with Crippen LogP contribution in [-0.2, 0) is 0 Å². The van der Waals surface area contributed by atoms with Crippen molar-refractivity contribution in [2.24, 2.45) is 0 Å². The molecule has 0 N–H and O–H groups in total. The highest BCUT2D eigenvalue weighted by Crippen LogP contribution is 2.40. The van der Waals surface area contributed by atoms with Crippen molar-refractivity contribution in [3.63, 3.8) is 0 Å². The molecule has 0 fully saturated rings. The summed E-state index contributed by atoms with van der Waals surface area (Å²) in [7, 11) is 0. The molecular formula is C12H7BrFNO4S.